The van der Waals surface area contributed by atoms with E-state index in [1.807, 2.05) is 164 Å². The lowest BCUT2D eigenvalue weighted by Crippen LogP contribution is -2.48. The van der Waals surface area contributed by atoms with Crippen LogP contribution in [0, 0.1) is 11.8 Å². The number of amides is 7. The Kier molecular flexibility index (Phi) is 30.3. The number of aryl methyl sites for hydroxylation is 1. The molecule has 0 radical (unpaired) electrons. The summed E-state index contributed by atoms with van der Waals surface area (Å²) in [6, 6.07) is 64.2. The number of carbonyl (C=O) groups is 7. The van der Waals surface area contributed by atoms with E-state index in [1.54, 1.807) is 69.5 Å². The van der Waals surface area contributed by atoms with Crippen LogP contribution in [0.4, 0.5) is 26.3 Å². The standard InChI is InChI=1S/C19H22ClN3O2.C19H18N2O2.C18H22ClN3O3S.C18H15F3N2O.C16H14ClN3O.C16H15F3N4O/c1-12(24)23-8-4-14(5-9-23)19(6-7-19)22-18(25)17-11-13-10-15(20)2-3-16(13)21-17;1-23-15-8-7-13-11-17(20-16(13)12-15)18(22)21-19(9-10-19)14-5-3-2-4-6-14;1-26(24,25)22-8-4-13(5-9-22)18(6-7-18)21-17(23)16-11-12-10-14(19)2-3-15(12)20-16;1-11(12-5-3-2-4-6-12)22-17(24)16-10-13-9-14(18(19,20)21)7-8-15(13)23-16;1-10(11-5-3-2-4-6-11)19-16(21)14-8-12-7-13(17)9-18-15(12)20-14;1-9(11-7-20-23(2)8-11)21-15(24)14-6-10-5-12(16(17,18)19)3-4-13(10)22-14/h2-3,10-11,14,21H,4-9H2,1H3,(H,22,25);2-8,11-12,20H,9-10H2,1H3,(H,21,22);2-3,10-11,13,20H,4-9H2,1H3,(H,21,23);2-11,23H,1H3,(H,22,24);2-10H,1H3,(H,18,20)(H,19,21);3-9,22H,1-2H3,(H,21,24)/t;;;11-;10-;/m...11./s1. The van der Waals surface area contributed by atoms with Crippen molar-refractivity contribution in [2.24, 2.45) is 18.9 Å². The first-order valence-corrected chi connectivity index (χ1v) is 49.7. The maximum atomic E-state index is 12.8. The Balaban J connectivity index is 0.000000123. The number of hydrogen-bond acceptors (Lipinski definition) is 12. The third-order valence-corrected chi connectivity index (χ3v) is 28.8. The highest BCUT2D eigenvalue weighted by Crippen LogP contribution is 2.50. The van der Waals surface area contributed by atoms with Gasteiger partial charge in [0.15, 0.2) is 0 Å². The molecule has 744 valence electrons. The maximum Gasteiger partial charge on any atom is 0.416 e. The molecule has 27 nitrogen and oxygen atoms in total. The SMILES string of the molecule is CC(=O)N1CCC(C2(NC(=O)c3cc4cc(Cl)ccc4[nH]3)CC2)CC1.CC(NC(=O)c1cc2cc(C(F)(F)F)ccc2[nH]1)c1cnn(C)c1.COc1ccc2cc(C(=O)NC3(c4ccccc4)CC3)[nH]c2c1.CS(=O)(=O)N1CCC(C2(NC(=O)c3cc4cc(Cl)ccc4[nH]3)CC2)CC1.C[C@@H](NC(=O)c1cc2cc(C(F)(F)F)ccc2[nH]1)c1ccccc1.C[C@@H](NC(=O)c1cc2cc(Cl)cnc2[nH]1)c1ccccc1. The smallest absolute Gasteiger partial charge is 0.416 e. The van der Waals surface area contributed by atoms with Crippen molar-refractivity contribution in [3.63, 3.8) is 0 Å². The number of likely N-dealkylation sites (tertiary alicyclic amines) is 1. The van der Waals surface area contributed by atoms with E-state index < -0.39 is 39.4 Å². The lowest BCUT2D eigenvalue weighted by atomic mass is 9.87. The van der Waals surface area contributed by atoms with Crippen molar-refractivity contribution in [3.05, 3.63) is 326 Å². The van der Waals surface area contributed by atoms with Gasteiger partial charge in [0, 0.05) is 145 Å². The van der Waals surface area contributed by atoms with Gasteiger partial charge in [-0.3, -0.25) is 38.2 Å². The molecule has 3 saturated carbocycles. The second-order valence-corrected chi connectivity index (χ2v) is 40.2. The second-order valence-electron chi connectivity index (χ2n) is 36.9. The molecular weight excluding hydrogens is 1920 g/mol. The number of methoxy groups -OCH3 is 1. The van der Waals surface area contributed by atoms with Crippen LogP contribution in [-0.4, -0.2) is 154 Å². The number of halogens is 9. The molecule has 37 heteroatoms. The summed E-state index contributed by atoms with van der Waals surface area (Å²) < 4.78 is 108. The van der Waals surface area contributed by atoms with Crippen molar-refractivity contribution in [2.45, 2.75) is 139 Å². The van der Waals surface area contributed by atoms with E-state index in [0.29, 0.717) is 90.2 Å². The van der Waals surface area contributed by atoms with Gasteiger partial charge in [0.25, 0.3) is 35.4 Å². The number of rotatable bonds is 20. The third-order valence-electron chi connectivity index (χ3n) is 26.8. The molecule has 0 bridgehead atoms. The number of piperidine rings is 2. The van der Waals surface area contributed by atoms with Crippen molar-refractivity contribution in [1.29, 1.82) is 0 Å². The number of sulfonamides is 1. The van der Waals surface area contributed by atoms with Gasteiger partial charge in [-0.1, -0.05) is 126 Å². The quantitative estimate of drug-likeness (QED) is 0.0317. The zero-order valence-corrected chi connectivity index (χ0v) is 82.1. The first-order valence-electron chi connectivity index (χ1n) is 46.7. The number of H-pyrrole nitrogens is 6. The highest BCUT2D eigenvalue weighted by atomic mass is 35.5. The zero-order chi connectivity index (χ0) is 102. The van der Waals surface area contributed by atoms with Gasteiger partial charge in [-0.15, -0.1) is 0 Å². The van der Waals surface area contributed by atoms with Crippen LogP contribution in [0.15, 0.2) is 243 Å². The molecule has 2 saturated heterocycles. The summed E-state index contributed by atoms with van der Waals surface area (Å²) in [6.07, 6.45) is 6.83. The Morgan fingerprint density at radius 3 is 1.22 bits per heavy atom. The molecule has 21 rings (SSSR count). The molecule has 143 heavy (non-hydrogen) atoms. The molecule has 3 atom stereocenters. The van der Waals surface area contributed by atoms with Crippen molar-refractivity contribution in [1.82, 2.24) is 85.8 Å². The van der Waals surface area contributed by atoms with Gasteiger partial charge >= 0.3 is 12.4 Å². The highest BCUT2D eigenvalue weighted by molar-refractivity contribution is 7.88. The van der Waals surface area contributed by atoms with E-state index in [-0.39, 0.29) is 81.6 Å². The van der Waals surface area contributed by atoms with Gasteiger partial charge in [-0.25, -0.2) is 17.7 Å². The third kappa shape index (κ3) is 24.9. The van der Waals surface area contributed by atoms with E-state index in [9.17, 15) is 68.3 Å². The number of aromatic nitrogens is 9. The predicted molar refractivity (Wildman–Crippen MR) is 541 cm³/mol. The Morgan fingerprint density at radius 2 is 0.811 bits per heavy atom. The molecule has 12 N–H and O–H groups in total. The summed E-state index contributed by atoms with van der Waals surface area (Å²) in [5.41, 5.74) is 8.95. The highest BCUT2D eigenvalue weighted by Gasteiger charge is 2.53. The first-order chi connectivity index (χ1) is 68.1. The number of fused-ring (bicyclic) bond motifs is 6. The number of ether oxygens (including phenoxy) is 1. The Morgan fingerprint density at radius 1 is 0.427 bits per heavy atom. The number of nitrogens with zero attached hydrogens (tertiary/aromatic N) is 5. The van der Waals surface area contributed by atoms with E-state index in [4.69, 9.17) is 39.5 Å². The monoisotopic (exact) mass is 2030 g/mol. The van der Waals surface area contributed by atoms with E-state index >= 15 is 0 Å². The molecule has 8 aromatic carbocycles. The number of nitrogens with one attached hydrogen (secondary N) is 12. The molecule has 5 fully saturated rings. The van der Waals surface area contributed by atoms with Gasteiger partial charge in [-0.2, -0.15) is 31.4 Å². The average molecular weight is 2030 g/mol. The zero-order valence-electron chi connectivity index (χ0n) is 79.0. The molecule has 2 aliphatic heterocycles. The Bertz CT molecular complexity index is 7480. The molecule has 5 aliphatic rings. The van der Waals surface area contributed by atoms with Gasteiger partial charge in [0.2, 0.25) is 15.9 Å². The van der Waals surface area contributed by atoms with Crippen molar-refractivity contribution < 1.29 is 73.1 Å². The van der Waals surface area contributed by atoms with Crippen LogP contribution in [0.3, 0.4) is 0 Å². The van der Waals surface area contributed by atoms with Crippen LogP contribution in [0.5, 0.6) is 5.75 Å². The van der Waals surface area contributed by atoms with Crippen LogP contribution in [0.25, 0.3) is 65.5 Å². The molecule has 1 unspecified atom stereocenters. The fourth-order valence-electron chi connectivity index (χ4n) is 18.3. The van der Waals surface area contributed by atoms with Gasteiger partial charge in [0.1, 0.15) is 45.6 Å². The van der Waals surface area contributed by atoms with E-state index in [1.165, 1.54) is 40.4 Å². The number of aromatic amines is 6. The molecule has 10 heterocycles. The van der Waals surface area contributed by atoms with Crippen LogP contribution >= 0.6 is 34.8 Å². The summed E-state index contributed by atoms with van der Waals surface area (Å²) in [5, 5.41) is 28.5. The lowest BCUT2D eigenvalue weighted by molar-refractivity contribution is -0.138. The van der Waals surface area contributed by atoms with Gasteiger partial charge in [0.05, 0.1) is 59.4 Å². The topological polar surface area (TPSA) is 367 Å². The number of carbonyl (C=O) groups excluding carboxylic acids is 7. The summed E-state index contributed by atoms with van der Waals surface area (Å²) in [5.74, 6) is 0.529. The van der Waals surface area contributed by atoms with Crippen molar-refractivity contribution >= 4 is 152 Å². The minimum atomic E-state index is -4.41. The lowest BCUT2D eigenvalue weighted by Gasteiger charge is -2.36. The summed E-state index contributed by atoms with van der Waals surface area (Å²) in [7, 11) is 0.277. The minimum absolute atomic E-state index is 0.0566. The summed E-state index contributed by atoms with van der Waals surface area (Å²) in [4.78, 5) is 111. The molecule has 8 aromatic heterocycles. The fourth-order valence-corrected chi connectivity index (χ4v) is 19.7. The summed E-state index contributed by atoms with van der Waals surface area (Å²) in [6.45, 7) is 9.88. The maximum absolute atomic E-state index is 12.8. The van der Waals surface area contributed by atoms with Crippen LogP contribution < -0.4 is 36.6 Å². The number of alkyl halides is 6. The van der Waals surface area contributed by atoms with Gasteiger partial charge in [-0.05, 0) is 241 Å². The molecule has 16 aromatic rings. The van der Waals surface area contributed by atoms with Crippen molar-refractivity contribution in [3.8, 4) is 5.75 Å². The van der Waals surface area contributed by atoms with Crippen molar-refractivity contribution in [2.75, 3.05) is 39.5 Å². The molecule has 0 spiro atoms. The predicted octanol–water partition coefficient (Wildman–Crippen LogP) is 21.5. The largest absolute Gasteiger partial charge is 0.497 e. The van der Waals surface area contributed by atoms with Crippen LogP contribution in [0.2, 0.25) is 15.1 Å². The normalized spacial score (nSPS) is 16.0. The molecule has 3 aliphatic carbocycles. The van der Waals surface area contributed by atoms with Gasteiger partial charge < -0.3 is 71.4 Å². The number of hydrogen-bond donors (Lipinski definition) is 12. The molecular formula is C106H106Cl3F6N17O10S. The first kappa shape index (κ1) is 102. The summed E-state index contributed by atoms with van der Waals surface area (Å²) >= 11 is 17.9. The second kappa shape index (κ2) is 42.5. The van der Waals surface area contributed by atoms with E-state index in [2.05, 4.69) is 84.0 Å². The minimum Gasteiger partial charge on any atom is -0.497 e. The van der Waals surface area contributed by atoms with Crippen LogP contribution in [0.1, 0.15) is 206 Å². The van der Waals surface area contributed by atoms with E-state index in [0.717, 1.165) is 162 Å². The molecule has 7 amide bonds. The average Bonchev–Trinajstić information content (AvgIpc) is 1.61. The Labute approximate surface area is 834 Å². The fraction of sp³-hybridized carbons (Fsp3) is 0.292. The Hall–Kier alpha value is -14.2. The number of benzene rings is 8. The van der Waals surface area contributed by atoms with Crippen LogP contribution in [-0.2, 0) is 39.8 Å². The number of pyridine rings is 1.